The molecule has 0 aromatic rings. The van der Waals surface area contributed by atoms with Crippen LogP contribution in [0.4, 0.5) is 39.5 Å². The SMILES string of the molecule is CN(SC(Cl)(Cl)Cl)S(=O)C(F)(F)C(F)(F)C(F)(F)C(F)(F)F. The lowest BCUT2D eigenvalue weighted by Gasteiger charge is -2.34. The maximum Gasteiger partial charge on any atom is 0.460 e. The molecule has 134 valence electrons. The van der Waals surface area contributed by atoms with Crippen LogP contribution in [0.1, 0.15) is 0 Å². The Morgan fingerprint density at radius 3 is 1.50 bits per heavy atom. The van der Waals surface area contributed by atoms with Gasteiger partial charge in [0.05, 0.1) is 0 Å². The molecular weight excluding hydrogens is 444 g/mol. The third kappa shape index (κ3) is 4.41. The van der Waals surface area contributed by atoms with E-state index in [1.165, 1.54) is 0 Å². The lowest BCUT2D eigenvalue weighted by molar-refractivity contribution is -0.381. The normalized spacial score (nSPS) is 17.0. The van der Waals surface area contributed by atoms with Crippen molar-refractivity contribution < 1.29 is 43.7 Å². The zero-order valence-electron chi connectivity index (χ0n) is 9.71. The number of hydrogen-bond donors (Lipinski definition) is 0. The van der Waals surface area contributed by atoms with Gasteiger partial charge in [-0.25, -0.2) is 4.21 Å². The van der Waals surface area contributed by atoms with Gasteiger partial charge >= 0.3 is 23.3 Å². The van der Waals surface area contributed by atoms with Crippen molar-refractivity contribution >= 4 is 57.7 Å². The summed E-state index contributed by atoms with van der Waals surface area (Å²) in [7, 11) is -4.03. The van der Waals surface area contributed by atoms with Gasteiger partial charge in [-0.3, -0.25) is 0 Å². The van der Waals surface area contributed by atoms with Crippen LogP contribution in [0.15, 0.2) is 0 Å². The highest BCUT2D eigenvalue weighted by Gasteiger charge is 2.84. The molecule has 1 unspecified atom stereocenters. The molecule has 0 bridgehead atoms. The first-order chi connectivity index (χ1) is 9.29. The average Bonchev–Trinajstić information content (AvgIpc) is 2.23. The molecule has 22 heavy (non-hydrogen) atoms. The van der Waals surface area contributed by atoms with Crippen LogP contribution in [-0.4, -0.2) is 41.4 Å². The number of nitrogens with zero attached hydrogens (tertiary/aromatic N) is 1. The topological polar surface area (TPSA) is 20.3 Å². The van der Waals surface area contributed by atoms with Gasteiger partial charge in [0.15, 0.2) is 11.0 Å². The smallest absolute Gasteiger partial charge is 0.235 e. The second-order valence-electron chi connectivity index (χ2n) is 3.39. The monoisotopic (exact) mass is 445 g/mol. The minimum absolute atomic E-state index is 0.360. The lowest BCUT2D eigenvalue weighted by Crippen LogP contribution is -2.63. The molecule has 0 spiro atoms. The summed E-state index contributed by atoms with van der Waals surface area (Å²) in [6.07, 6.45) is -7.01. The van der Waals surface area contributed by atoms with E-state index in [2.05, 4.69) is 0 Å². The highest BCUT2D eigenvalue weighted by atomic mass is 35.6. The van der Waals surface area contributed by atoms with E-state index >= 15 is 0 Å². The minimum Gasteiger partial charge on any atom is -0.235 e. The Bertz CT molecular complexity index is 438. The van der Waals surface area contributed by atoms with Crippen molar-refractivity contribution in [1.82, 2.24) is 3.71 Å². The maximum atomic E-state index is 13.2. The van der Waals surface area contributed by atoms with Crippen molar-refractivity contribution in [2.24, 2.45) is 0 Å². The highest BCUT2D eigenvalue weighted by Crippen LogP contribution is 2.55. The molecule has 0 saturated heterocycles. The minimum atomic E-state index is -7.15. The van der Waals surface area contributed by atoms with E-state index in [4.69, 9.17) is 34.8 Å². The van der Waals surface area contributed by atoms with Gasteiger partial charge < -0.3 is 0 Å². The summed E-state index contributed by atoms with van der Waals surface area (Å²) < 4.78 is 121. The Hall–Kier alpha value is 0.700. The Balaban J connectivity index is 5.67. The van der Waals surface area contributed by atoms with Crippen molar-refractivity contribution in [3.05, 3.63) is 0 Å². The van der Waals surface area contributed by atoms with Crippen molar-refractivity contribution in [1.29, 1.82) is 0 Å². The van der Waals surface area contributed by atoms with E-state index in [-0.39, 0.29) is 15.7 Å². The van der Waals surface area contributed by atoms with Gasteiger partial charge in [0, 0.05) is 7.05 Å². The van der Waals surface area contributed by atoms with Crippen LogP contribution < -0.4 is 0 Å². The molecule has 0 heterocycles. The highest BCUT2D eigenvalue weighted by molar-refractivity contribution is 8.10. The zero-order chi connectivity index (χ0) is 18.4. The quantitative estimate of drug-likeness (QED) is 0.337. The second kappa shape index (κ2) is 6.54. The standard InChI is InChI=1S/C6H3Cl3F9NOS2/c1-19(21-6(7,8)9)22(20)5(17,18)3(12,13)2(10,11)4(14,15)16/h1H3. The van der Waals surface area contributed by atoms with Crippen molar-refractivity contribution in [2.75, 3.05) is 7.05 Å². The van der Waals surface area contributed by atoms with Gasteiger partial charge in [-0.15, -0.1) is 0 Å². The molecule has 0 amide bonds. The largest absolute Gasteiger partial charge is 0.460 e. The predicted molar refractivity (Wildman–Crippen MR) is 64.7 cm³/mol. The van der Waals surface area contributed by atoms with Crippen molar-refractivity contribution in [3.8, 4) is 0 Å². The second-order valence-corrected chi connectivity index (χ2v) is 9.48. The fourth-order valence-corrected chi connectivity index (χ4v) is 3.96. The molecular formula is C6H3Cl3F9NOS2. The number of halogens is 12. The van der Waals surface area contributed by atoms with E-state index in [9.17, 15) is 43.7 Å². The third-order valence-corrected chi connectivity index (χ3v) is 4.68. The fraction of sp³-hybridized carbons (Fsp3) is 1.00. The van der Waals surface area contributed by atoms with Crippen LogP contribution >= 0.6 is 46.8 Å². The lowest BCUT2D eigenvalue weighted by atomic mass is 10.1. The summed E-state index contributed by atoms with van der Waals surface area (Å²) in [6.45, 7) is 0. The molecule has 0 aliphatic heterocycles. The van der Waals surface area contributed by atoms with Crippen LogP contribution in [0.25, 0.3) is 0 Å². The summed E-state index contributed by atoms with van der Waals surface area (Å²) in [5, 5.41) is -6.32. The molecule has 0 saturated carbocycles. The Morgan fingerprint density at radius 1 is 0.864 bits per heavy atom. The number of hydrogen-bond acceptors (Lipinski definition) is 2. The first-order valence-electron chi connectivity index (χ1n) is 4.41. The van der Waals surface area contributed by atoms with Gasteiger partial charge in [0.2, 0.25) is 0 Å². The van der Waals surface area contributed by atoms with E-state index < -0.39 is 37.4 Å². The van der Waals surface area contributed by atoms with E-state index in [1.807, 2.05) is 0 Å². The van der Waals surface area contributed by atoms with Gasteiger partial charge in [-0.05, 0) is 11.9 Å². The molecule has 2 nitrogen and oxygen atoms in total. The van der Waals surface area contributed by atoms with Crippen molar-refractivity contribution in [3.63, 3.8) is 0 Å². The van der Waals surface area contributed by atoms with Gasteiger partial charge in [-0.2, -0.15) is 43.2 Å². The molecule has 0 aromatic carbocycles. The molecule has 1 atom stereocenters. The molecule has 16 heteroatoms. The Labute approximate surface area is 138 Å². The molecule has 0 N–H and O–H groups in total. The summed E-state index contributed by atoms with van der Waals surface area (Å²) in [4.78, 5) is 0. The fourth-order valence-electron chi connectivity index (χ4n) is 0.812. The van der Waals surface area contributed by atoms with Crippen LogP contribution in [0.5, 0.6) is 0 Å². The first kappa shape index (κ1) is 22.7. The van der Waals surface area contributed by atoms with Crippen LogP contribution in [0.3, 0.4) is 0 Å². The van der Waals surface area contributed by atoms with Gasteiger partial charge in [0.25, 0.3) is 3.12 Å². The summed E-state index contributed by atoms with van der Waals surface area (Å²) in [6, 6.07) is 0. The van der Waals surface area contributed by atoms with Crippen LogP contribution in [0.2, 0.25) is 0 Å². The van der Waals surface area contributed by atoms with Gasteiger partial charge in [0.1, 0.15) is 0 Å². The molecule has 0 rings (SSSR count). The molecule has 0 aliphatic rings. The van der Waals surface area contributed by atoms with Crippen molar-refractivity contribution in [2.45, 2.75) is 26.4 Å². The molecule has 0 aromatic heterocycles. The summed E-state index contributed by atoms with van der Waals surface area (Å²) in [5.41, 5.74) is 0. The predicted octanol–water partition coefficient (Wildman–Crippen LogP) is 4.98. The van der Waals surface area contributed by atoms with E-state index in [1.54, 1.807) is 0 Å². The summed E-state index contributed by atoms with van der Waals surface area (Å²) in [5.74, 6) is -14.2. The molecule has 0 fully saturated rings. The number of rotatable bonds is 5. The number of alkyl halides is 12. The Kier molecular flexibility index (Phi) is 6.75. The average molecular weight is 447 g/mol. The maximum absolute atomic E-state index is 13.2. The van der Waals surface area contributed by atoms with E-state index in [0.29, 0.717) is 7.05 Å². The molecule has 0 aliphatic carbocycles. The molecule has 0 radical (unpaired) electrons. The Morgan fingerprint density at radius 2 is 1.23 bits per heavy atom. The van der Waals surface area contributed by atoms with Crippen LogP contribution in [0, 0.1) is 0 Å². The first-order valence-corrected chi connectivity index (χ1v) is 7.42. The zero-order valence-corrected chi connectivity index (χ0v) is 13.6. The van der Waals surface area contributed by atoms with Gasteiger partial charge in [-0.1, -0.05) is 34.8 Å². The third-order valence-electron chi connectivity index (χ3n) is 1.80. The summed E-state index contributed by atoms with van der Waals surface area (Å²) >= 11 is 14.8. The van der Waals surface area contributed by atoms with E-state index in [0.717, 1.165) is 0 Å². The van der Waals surface area contributed by atoms with Crippen LogP contribution in [-0.2, 0) is 11.0 Å².